The highest BCUT2D eigenvalue weighted by molar-refractivity contribution is 6.30. The van der Waals surface area contributed by atoms with Crippen molar-refractivity contribution >= 4 is 35.3 Å². The van der Waals surface area contributed by atoms with Gasteiger partial charge in [0, 0.05) is 30.5 Å². The lowest BCUT2D eigenvalue weighted by Gasteiger charge is -2.59. The monoisotopic (exact) mass is 529 g/mol. The number of nitrogens with zero attached hydrogens (tertiary/aromatic N) is 4. The quantitative estimate of drug-likeness (QED) is 0.657. The summed E-state index contributed by atoms with van der Waals surface area (Å²) in [6, 6.07) is 7.56. The van der Waals surface area contributed by atoms with E-state index in [0.29, 0.717) is 36.6 Å². The number of rotatable bonds is 4. The van der Waals surface area contributed by atoms with Crippen LogP contribution in [0, 0.1) is 12.7 Å². The number of halogens is 2. The Bertz CT molecular complexity index is 1210. The first-order valence-electron chi connectivity index (χ1n) is 12.3. The fourth-order valence-corrected chi connectivity index (χ4v) is 5.50. The van der Waals surface area contributed by atoms with E-state index < -0.39 is 23.3 Å². The molecule has 2 aromatic rings. The van der Waals surface area contributed by atoms with E-state index in [-0.39, 0.29) is 43.4 Å². The molecule has 1 spiro atoms. The van der Waals surface area contributed by atoms with Crippen LogP contribution in [-0.2, 0) is 14.3 Å². The van der Waals surface area contributed by atoms with Crippen molar-refractivity contribution in [3.05, 3.63) is 58.5 Å². The van der Waals surface area contributed by atoms with E-state index in [4.69, 9.17) is 16.3 Å². The average molecular weight is 530 g/mol. The van der Waals surface area contributed by atoms with Gasteiger partial charge in [-0.2, -0.15) is 0 Å². The van der Waals surface area contributed by atoms with Crippen molar-refractivity contribution in [1.82, 2.24) is 20.1 Å². The number of carbonyl (C=O) groups is 3. The Morgan fingerprint density at radius 2 is 1.89 bits per heavy atom. The van der Waals surface area contributed by atoms with Gasteiger partial charge in [-0.1, -0.05) is 23.7 Å². The maximum Gasteiger partial charge on any atom is 0.317 e. The van der Waals surface area contributed by atoms with Gasteiger partial charge in [0.15, 0.2) is 17.2 Å². The number of aryl methyl sites for hydroxylation is 1. The molecule has 0 radical (unpaired) electrons. The van der Waals surface area contributed by atoms with Crippen LogP contribution in [0.15, 0.2) is 36.5 Å². The number of benzene rings is 1. The molecular formula is C26H29ClFN5O4. The van der Waals surface area contributed by atoms with Gasteiger partial charge in [0.1, 0.15) is 6.54 Å². The highest BCUT2D eigenvalue weighted by atomic mass is 35.5. The first-order valence-corrected chi connectivity index (χ1v) is 12.7. The van der Waals surface area contributed by atoms with Crippen LogP contribution in [0.2, 0.25) is 5.02 Å². The van der Waals surface area contributed by atoms with Crippen LogP contribution in [0.3, 0.4) is 0 Å². The highest BCUT2D eigenvalue weighted by Crippen LogP contribution is 2.41. The molecule has 9 nitrogen and oxygen atoms in total. The van der Waals surface area contributed by atoms with Gasteiger partial charge in [-0.15, -0.1) is 0 Å². The molecule has 1 aromatic carbocycles. The average Bonchev–Trinajstić information content (AvgIpc) is 2.84. The van der Waals surface area contributed by atoms with Gasteiger partial charge in [-0.3, -0.25) is 14.5 Å². The smallest absolute Gasteiger partial charge is 0.317 e. The van der Waals surface area contributed by atoms with E-state index in [0.717, 1.165) is 10.5 Å². The number of pyridine rings is 1. The second-order valence-corrected chi connectivity index (χ2v) is 10.4. The standard InChI is InChI=1S/C26H29ClFN5O4/c1-16-11-21(28)23(29-12-16)32-13-22(34)33(17(2)18-3-5-19(27)6-4-18)26(24(32)35)14-31(15-26)25(36)30-20-7-9-37-10-8-20/h3-6,11-12,17,20H,7-10,13-15H2,1-2H3,(H,30,36)/t17-/m0/s1. The zero-order valence-electron chi connectivity index (χ0n) is 20.7. The Hall–Kier alpha value is -3.24. The second-order valence-electron chi connectivity index (χ2n) is 9.92. The SMILES string of the molecule is Cc1cnc(N2CC(=O)N([C@@H](C)c3ccc(Cl)cc3)C3(CN(C(=O)NC4CCOCC4)C3)C2=O)c(F)c1. The number of urea groups is 1. The lowest BCUT2D eigenvalue weighted by Crippen LogP contribution is -2.82. The van der Waals surface area contributed by atoms with Gasteiger partial charge in [0.25, 0.3) is 5.91 Å². The lowest BCUT2D eigenvalue weighted by atomic mass is 9.81. The normalized spacial score (nSPS) is 20.7. The van der Waals surface area contributed by atoms with Crippen molar-refractivity contribution in [2.75, 3.05) is 37.7 Å². The maximum atomic E-state index is 14.9. The molecule has 3 aliphatic rings. The summed E-state index contributed by atoms with van der Waals surface area (Å²) in [6.07, 6.45) is 2.89. The first-order chi connectivity index (χ1) is 17.7. The van der Waals surface area contributed by atoms with Crippen LogP contribution in [0.5, 0.6) is 0 Å². The van der Waals surface area contributed by atoms with E-state index >= 15 is 0 Å². The molecule has 196 valence electrons. The predicted molar refractivity (Wildman–Crippen MR) is 135 cm³/mol. The van der Waals surface area contributed by atoms with E-state index in [9.17, 15) is 18.8 Å². The topological polar surface area (TPSA) is 95.1 Å². The van der Waals surface area contributed by atoms with Gasteiger partial charge in [-0.25, -0.2) is 14.2 Å². The molecule has 1 aromatic heterocycles. The Balaban J connectivity index is 1.45. The van der Waals surface area contributed by atoms with Gasteiger partial charge >= 0.3 is 6.03 Å². The Morgan fingerprint density at radius 1 is 1.22 bits per heavy atom. The lowest BCUT2D eigenvalue weighted by molar-refractivity contribution is -0.164. The molecule has 11 heteroatoms. The first kappa shape index (κ1) is 25.4. The molecule has 3 fully saturated rings. The van der Waals surface area contributed by atoms with Gasteiger partial charge < -0.3 is 19.9 Å². The number of anilines is 1. The number of carbonyl (C=O) groups excluding carboxylic acids is 3. The number of nitrogens with one attached hydrogen (secondary N) is 1. The molecule has 0 saturated carbocycles. The third kappa shape index (κ3) is 4.64. The number of amides is 4. The fraction of sp³-hybridized carbons (Fsp3) is 0.462. The summed E-state index contributed by atoms with van der Waals surface area (Å²) in [6.45, 7) is 4.34. The van der Waals surface area contributed by atoms with Crippen molar-refractivity contribution in [3.63, 3.8) is 0 Å². The molecular weight excluding hydrogens is 501 g/mol. The van der Waals surface area contributed by atoms with Gasteiger partial charge in [-0.05, 0) is 56.0 Å². The summed E-state index contributed by atoms with van der Waals surface area (Å²) in [7, 11) is 0. The van der Waals surface area contributed by atoms with Crippen molar-refractivity contribution in [1.29, 1.82) is 0 Å². The molecule has 3 saturated heterocycles. The summed E-state index contributed by atoms with van der Waals surface area (Å²) < 4.78 is 20.2. The third-order valence-electron chi connectivity index (χ3n) is 7.36. The summed E-state index contributed by atoms with van der Waals surface area (Å²) in [4.78, 5) is 48.9. The van der Waals surface area contributed by atoms with Gasteiger partial charge in [0.2, 0.25) is 5.91 Å². The number of likely N-dealkylation sites (tertiary alicyclic amines) is 1. The highest BCUT2D eigenvalue weighted by Gasteiger charge is 2.62. The third-order valence-corrected chi connectivity index (χ3v) is 7.61. The Kier molecular flexibility index (Phi) is 6.80. The zero-order valence-corrected chi connectivity index (χ0v) is 21.5. The van der Waals surface area contributed by atoms with Crippen LogP contribution in [0.1, 0.15) is 36.9 Å². The minimum atomic E-state index is -1.35. The number of hydrogen-bond acceptors (Lipinski definition) is 5. The molecule has 4 heterocycles. The van der Waals surface area contributed by atoms with E-state index in [1.54, 1.807) is 36.1 Å². The largest absolute Gasteiger partial charge is 0.381 e. The van der Waals surface area contributed by atoms with Crippen LogP contribution >= 0.6 is 11.6 Å². The minimum Gasteiger partial charge on any atom is -0.381 e. The fourth-order valence-electron chi connectivity index (χ4n) is 5.37. The number of ether oxygens (including phenoxy) is 1. The van der Waals surface area contributed by atoms with Crippen LogP contribution in [0.4, 0.5) is 15.0 Å². The van der Waals surface area contributed by atoms with Crippen LogP contribution in [-0.4, -0.2) is 77.1 Å². The Labute approximate surface area is 219 Å². The molecule has 1 atom stereocenters. The summed E-state index contributed by atoms with van der Waals surface area (Å²) in [5.74, 6) is -1.68. The molecule has 0 bridgehead atoms. The summed E-state index contributed by atoms with van der Waals surface area (Å²) >= 11 is 6.05. The molecule has 37 heavy (non-hydrogen) atoms. The van der Waals surface area contributed by atoms with Crippen molar-refractivity contribution in [2.45, 2.75) is 44.3 Å². The maximum absolute atomic E-state index is 14.9. The zero-order chi connectivity index (χ0) is 26.3. The summed E-state index contributed by atoms with van der Waals surface area (Å²) in [5.41, 5.74) is 0.0490. The van der Waals surface area contributed by atoms with E-state index in [1.807, 2.05) is 6.92 Å². The molecule has 0 aliphatic carbocycles. The molecule has 5 rings (SSSR count). The predicted octanol–water partition coefficient (Wildman–Crippen LogP) is 3.06. The minimum absolute atomic E-state index is 0.00542. The van der Waals surface area contributed by atoms with Crippen molar-refractivity contribution < 1.29 is 23.5 Å². The molecule has 4 amide bonds. The number of hydrogen-bond donors (Lipinski definition) is 1. The second kappa shape index (κ2) is 9.90. The molecule has 0 unspecified atom stereocenters. The van der Waals surface area contributed by atoms with Gasteiger partial charge in [0.05, 0.1) is 19.1 Å². The summed E-state index contributed by atoms with van der Waals surface area (Å²) in [5, 5.41) is 3.55. The van der Waals surface area contributed by atoms with E-state index in [1.165, 1.54) is 17.2 Å². The number of aromatic nitrogens is 1. The Morgan fingerprint density at radius 3 is 2.54 bits per heavy atom. The van der Waals surface area contributed by atoms with Crippen molar-refractivity contribution in [2.24, 2.45) is 0 Å². The molecule has 1 N–H and O–H groups in total. The van der Waals surface area contributed by atoms with Crippen LogP contribution in [0.25, 0.3) is 0 Å². The number of piperazine rings is 1. The van der Waals surface area contributed by atoms with Crippen molar-refractivity contribution in [3.8, 4) is 0 Å². The molecule has 3 aliphatic heterocycles. The van der Waals surface area contributed by atoms with Crippen LogP contribution < -0.4 is 10.2 Å². The van der Waals surface area contributed by atoms with E-state index in [2.05, 4.69) is 10.3 Å².